The Kier molecular flexibility index (Phi) is 4.68. The lowest BCUT2D eigenvalue weighted by molar-refractivity contribution is 0.0250. The Morgan fingerprint density at radius 1 is 0.929 bits per heavy atom. The zero-order valence-corrected chi connectivity index (χ0v) is 11.6. The lowest BCUT2D eigenvalue weighted by atomic mass is 9.58. The van der Waals surface area contributed by atoms with Crippen LogP contribution in [0.15, 0.2) is 0 Å². The van der Waals surface area contributed by atoms with E-state index in [-0.39, 0.29) is 0 Å². The highest BCUT2D eigenvalue weighted by molar-refractivity contribution is 4.89. The first-order chi connectivity index (χ1) is 6.15. The van der Waals surface area contributed by atoms with E-state index in [1.807, 2.05) is 0 Å². The minimum Gasteiger partial charge on any atom is -0.0651 e. The van der Waals surface area contributed by atoms with Crippen molar-refractivity contribution in [3.05, 3.63) is 0 Å². The van der Waals surface area contributed by atoms with Crippen molar-refractivity contribution in [2.75, 3.05) is 0 Å². The molecular weight excluding hydrogens is 168 g/mol. The third-order valence-corrected chi connectivity index (χ3v) is 4.46. The molecule has 0 aromatic carbocycles. The van der Waals surface area contributed by atoms with Crippen LogP contribution in [-0.4, -0.2) is 0 Å². The molecule has 0 aliphatic heterocycles. The summed E-state index contributed by atoms with van der Waals surface area (Å²) in [6.07, 6.45) is 2.66. The van der Waals surface area contributed by atoms with E-state index in [0.29, 0.717) is 10.8 Å². The monoisotopic (exact) mass is 198 g/mol. The highest BCUT2D eigenvalue weighted by Gasteiger charge is 2.40. The van der Waals surface area contributed by atoms with Crippen LogP contribution in [0.4, 0.5) is 0 Å². The lowest BCUT2D eigenvalue weighted by Gasteiger charge is -2.47. The molecule has 0 amide bonds. The summed E-state index contributed by atoms with van der Waals surface area (Å²) in [7, 11) is 0. The van der Waals surface area contributed by atoms with Gasteiger partial charge in [0.2, 0.25) is 0 Å². The summed E-state index contributed by atoms with van der Waals surface area (Å²) in [4.78, 5) is 0. The number of hydrogen-bond donors (Lipinski definition) is 0. The molecule has 0 fully saturated rings. The maximum Gasteiger partial charge on any atom is -0.0252 e. The molecule has 0 spiro atoms. The van der Waals surface area contributed by atoms with E-state index in [2.05, 4.69) is 55.4 Å². The number of rotatable bonds is 4. The van der Waals surface area contributed by atoms with E-state index in [1.54, 1.807) is 0 Å². The van der Waals surface area contributed by atoms with E-state index in [9.17, 15) is 0 Å². The van der Waals surface area contributed by atoms with Gasteiger partial charge in [-0.25, -0.2) is 0 Å². The molecule has 0 N–H and O–H groups in total. The molecule has 0 aromatic rings. The van der Waals surface area contributed by atoms with Gasteiger partial charge >= 0.3 is 0 Å². The fourth-order valence-corrected chi connectivity index (χ4v) is 2.28. The van der Waals surface area contributed by atoms with E-state index < -0.39 is 0 Å². The highest BCUT2D eigenvalue weighted by Crippen LogP contribution is 2.49. The molecule has 0 saturated heterocycles. The molecule has 0 aliphatic rings. The van der Waals surface area contributed by atoms with Gasteiger partial charge in [0.05, 0.1) is 0 Å². The Hall–Kier alpha value is 0. The lowest BCUT2D eigenvalue weighted by Crippen LogP contribution is -2.39. The summed E-state index contributed by atoms with van der Waals surface area (Å²) < 4.78 is 0. The van der Waals surface area contributed by atoms with Crippen molar-refractivity contribution >= 4 is 0 Å². The van der Waals surface area contributed by atoms with Crippen LogP contribution in [0.2, 0.25) is 0 Å². The van der Waals surface area contributed by atoms with Gasteiger partial charge in [0.1, 0.15) is 0 Å². The highest BCUT2D eigenvalue weighted by atomic mass is 14.4. The van der Waals surface area contributed by atoms with Crippen molar-refractivity contribution in [2.45, 2.75) is 68.2 Å². The van der Waals surface area contributed by atoms with Gasteiger partial charge in [-0.2, -0.15) is 0 Å². The molecule has 0 heteroatoms. The van der Waals surface area contributed by atoms with Crippen LogP contribution in [0.25, 0.3) is 0 Å². The normalized spacial score (nSPS) is 19.5. The smallest absolute Gasteiger partial charge is 0.0252 e. The van der Waals surface area contributed by atoms with E-state index in [0.717, 1.165) is 11.8 Å². The SMILES string of the molecule is CCC(C)CC(C)(C(C)C)C(C)(C)C. The van der Waals surface area contributed by atoms with Gasteiger partial charge in [-0.3, -0.25) is 0 Å². The van der Waals surface area contributed by atoms with Crippen LogP contribution in [-0.2, 0) is 0 Å². The Bertz CT molecular complexity index is 161. The van der Waals surface area contributed by atoms with Gasteiger partial charge in [-0.15, -0.1) is 0 Å². The van der Waals surface area contributed by atoms with Crippen LogP contribution in [0, 0.1) is 22.7 Å². The van der Waals surface area contributed by atoms with Gasteiger partial charge in [0.15, 0.2) is 0 Å². The standard InChI is InChI=1S/C14H30/c1-9-12(4)10-14(8,11(2)3)13(5,6)7/h11-12H,9-10H2,1-8H3. The molecule has 14 heavy (non-hydrogen) atoms. The summed E-state index contributed by atoms with van der Waals surface area (Å²) in [6.45, 7) is 19.0. The van der Waals surface area contributed by atoms with Gasteiger partial charge < -0.3 is 0 Å². The van der Waals surface area contributed by atoms with Crippen molar-refractivity contribution in [2.24, 2.45) is 22.7 Å². The molecule has 0 heterocycles. The first kappa shape index (κ1) is 14.0. The summed E-state index contributed by atoms with van der Waals surface area (Å²) >= 11 is 0. The van der Waals surface area contributed by atoms with Crippen LogP contribution in [0.1, 0.15) is 68.2 Å². The zero-order valence-electron chi connectivity index (χ0n) is 11.6. The molecule has 0 aliphatic carbocycles. The molecular formula is C14H30. The second-order valence-electron chi connectivity index (χ2n) is 6.54. The fourth-order valence-electron chi connectivity index (χ4n) is 2.28. The first-order valence-electron chi connectivity index (χ1n) is 6.15. The largest absolute Gasteiger partial charge is 0.0651 e. The van der Waals surface area contributed by atoms with E-state index in [4.69, 9.17) is 0 Å². The molecule has 0 aromatic heterocycles. The summed E-state index contributed by atoms with van der Waals surface area (Å²) in [6, 6.07) is 0. The minimum absolute atomic E-state index is 0.407. The summed E-state index contributed by atoms with van der Waals surface area (Å²) in [5.74, 6) is 1.61. The molecule has 0 bridgehead atoms. The number of hydrogen-bond acceptors (Lipinski definition) is 0. The fraction of sp³-hybridized carbons (Fsp3) is 1.00. The molecule has 0 nitrogen and oxygen atoms in total. The predicted octanol–water partition coefficient (Wildman–Crippen LogP) is 5.13. The Labute approximate surface area is 91.5 Å². The topological polar surface area (TPSA) is 0 Å². The molecule has 2 atom stereocenters. The van der Waals surface area contributed by atoms with Crippen LogP contribution in [0.5, 0.6) is 0 Å². The van der Waals surface area contributed by atoms with Gasteiger partial charge in [0, 0.05) is 0 Å². The molecule has 0 radical (unpaired) electrons. The van der Waals surface area contributed by atoms with E-state index in [1.165, 1.54) is 12.8 Å². The quantitative estimate of drug-likeness (QED) is 0.587. The Balaban J connectivity index is 4.74. The molecule has 86 valence electrons. The predicted molar refractivity (Wildman–Crippen MR) is 66.5 cm³/mol. The van der Waals surface area contributed by atoms with Gasteiger partial charge in [-0.1, -0.05) is 61.8 Å². The summed E-state index contributed by atoms with van der Waals surface area (Å²) in [5, 5.41) is 0. The molecule has 0 rings (SSSR count). The zero-order chi connectivity index (χ0) is 11.6. The second-order valence-corrected chi connectivity index (χ2v) is 6.54. The Morgan fingerprint density at radius 2 is 1.36 bits per heavy atom. The third-order valence-electron chi connectivity index (χ3n) is 4.46. The third kappa shape index (κ3) is 3.00. The Morgan fingerprint density at radius 3 is 1.57 bits per heavy atom. The second kappa shape index (κ2) is 4.68. The average Bonchev–Trinajstić information content (AvgIpc) is 2.01. The van der Waals surface area contributed by atoms with Crippen molar-refractivity contribution < 1.29 is 0 Å². The first-order valence-corrected chi connectivity index (χ1v) is 6.15. The maximum absolute atomic E-state index is 2.46. The maximum atomic E-state index is 2.46. The molecule has 0 saturated carbocycles. The average molecular weight is 198 g/mol. The van der Waals surface area contributed by atoms with E-state index >= 15 is 0 Å². The van der Waals surface area contributed by atoms with Crippen molar-refractivity contribution in [3.63, 3.8) is 0 Å². The van der Waals surface area contributed by atoms with Crippen LogP contribution < -0.4 is 0 Å². The van der Waals surface area contributed by atoms with Crippen LogP contribution >= 0.6 is 0 Å². The van der Waals surface area contributed by atoms with Gasteiger partial charge in [0.25, 0.3) is 0 Å². The van der Waals surface area contributed by atoms with Crippen LogP contribution in [0.3, 0.4) is 0 Å². The van der Waals surface area contributed by atoms with Crippen molar-refractivity contribution in [1.82, 2.24) is 0 Å². The molecule has 2 unspecified atom stereocenters. The minimum atomic E-state index is 0.407. The summed E-state index contributed by atoms with van der Waals surface area (Å²) in [5.41, 5.74) is 0.868. The van der Waals surface area contributed by atoms with Crippen molar-refractivity contribution in [3.8, 4) is 0 Å². The van der Waals surface area contributed by atoms with Crippen molar-refractivity contribution in [1.29, 1.82) is 0 Å². The van der Waals surface area contributed by atoms with Gasteiger partial charge in [-0.05, 0) is 29.1 Å².